The number of piperazine rings is 1. The second-order valence-corrected chi connectivity index (χ2v) is 9.58. The van der Waals surface area contributed by atoms with Crippen LogP contribution in [0.2, 0.25) is 0 Å². The average Bonchev–Trinajstić information content (AvgIpc) is 3.37. The van der Waals surface area contributed by atoms with Gasteiger partial charge >= 0.3 is 0 Å². The fourth-order valence-electron chi connectivity index (χ4n) is 4.75. The third-order valence-electron chi connectivity index (χ3n) is 6.81. The second-order valence-electron chi connectivity index (χ2n) is 9.58. The van der Waals surface area contributed by atoms with Gasteiger partial charge in [0.1, 0.15) is 23.3 Å². The molecule has 1 aromatic heterocycles. The molecular formula is C27H39ClN6O3. The summed E-state index contributed by atoms with van der Waals surface area (Å²) in [7, 11) is 5.12. The minimum atomic E-state index is -0.148. The number of tetrazole rings is 1. The Morgan fingerprint density at radius 1 is 0.892 bits per heavy atom. The van der Waals surface area contributed by atoms with Crippen LogP contribution in [0.1, 0.15) is 43.3 Å². The van der Waals surface area contributed by atoms with Crippen molar-refractivity contribution in [3.05, 3.63) is 59.4 Å². The summed E-state index contributed by atoms with van der Waals surface area (Å²) in [5.74, 6) is 3.91. The molecule has 37 heavy (non-hydrogen) atoms. The highest BCUT2D eigenvalue weighted by Gasteiger charge is 2.33. The number of hydrogen-bond acceptors (Lipinski definition) is 8. The van der Waals surface area contributed by atoms with Crippen LogP contribution in [0.4, 0.5) is 0 Å². The predicted molar refractivity (Wildman–Crippen MR) is 146 cm³/mol. The molecule has 2 aromatic carbocycles. The van der Waals surface area contributed by atoms with Crippen molar-refractivity contribution in [3.8, 4) is 17.2 Å². The van der Waals surface area contributed by atoms with Crippen LogP contribution >= 0.6 is 12.4 Å². The summed E-state index contributed by atoms with van der Waals surface area (Å²) < 4.78 is 18.9. The van der Waals surface area contributed by atoms with Gasteiger partial charge in [-0.15, -0.1) is 17.5 Å². The van der Waals surface area contributed by atoms with Crippen LogP contribution in [0.15, 0.2) is 42.5 Å². The Morgan fingerprint density at radius 3 is 2.30 bits per heavy atom. The Morgan fingerprint density at radius 2 is 1.62 bits per heavy atom. The highest BCUT2D eigenvalue weighted by molar-refractivity contribution is 5.85. The van der Waals surface area contributed by atoms with Gasteiger partial charge in [0.05, 0.1) is 21.3 Å². The smallest absolute Gasteiger partial charge is 0.173 e. The number of rotatable bonds is 11. The summed E-state index contributed by atoms with van der Waals surface area (Å²) in [5.41, 5.74) is 2.22. The lowest BCUT2D eigenvalue weighted by atomic mass is 10.0. The number of benzene rings is 2. The third kappa shape index (κ3) is 6.91. The first-order valence-electron chi connectivity index (χ1n) is 12.6. The second kappa shape index (κ2) is 13.6. The van der Waals surface area contributed by atoms with Crippen LogP contribution in [-0.4, -0.2) is 77.5 Å². The molecule has 9 nitrogen and oxygen atoms in total. The van der Waals surface area contributed by atoms with Crippen LogP contribution in [0, 0.1) is 5.92 Å². The van der Waals surface area contributed by atoms with Crippen molar-refractivity contribution in [2.75, 3.05) is 47.5 Å². The maximum absolute atomic E-state index is 5.79. The SMILES string of the molecule is COc1ccc(OC)c(C(c2nnnn2CCC(C)C)N2CCN(Cc3ccccc3OC)CC2)c1.Cl. The number of aryl methyl sites for hydroxylation is 1. The number of ether oxygens (including phenoxy) is 3. The summed E-state index contributed by atoms with van der Waals surface area (Å²) in [5, 5.41) is 12.9. The topological polar surface area (TPSA) is 77.8 Å². The molecule has 0 amide bonds. The maximum Gasteiger partial charge on any atom is 0.173 e. The van der Waals surface area contributed by atoms with E-state index in [0.29, 0.717) is 5.92 Å². The first kappa shape index (κ1) is 28.7. The molecule has 202 valence electrons. The van der Waals surface area contributed by atoms with Gasteiger partial charge in [0.15, 0.2) is 5.82 Å². The molecule has 3 aromatic rings. The normalized spacial score (nSPS) is 15.3. The van der Waals surface area contributed by atoms with Crippen molar-refractivity contribution >= 4 is 12.4 Å². The first-order valence-corrected chi connectivity index (χ1v) is 12.6. The summed E-state index contributed by atoms with van der Waals surface area (Å²) in [6.45, 7) is 9.66. The van der Waals surface area contributed by atoms with Gasteiger partial charge < -0.3 is 14.2 Å². The van der Waals surface area contributed by atoms with E-state index in [0.717, 1.165) is 74.3 Å². The molecule has 4 rings (SSSR count). The van der Waals surface area contributed by atoms with E-state index >= 15 is 0 Å². The minimum Gasteiger partial charge on any atom is -0.497 e. The summed E-state index contributed by atoms with van der Waals surface area (Å²) in [6.07, 6.45) is 1.01. The van der Waals surface area contributed by atoms with Gasteiger partial charge in [0, 0.05) is 50.4 Å². The lowest BCUT2D eigenvalue weighted by molar-refractivity contribution is 0.0983. The monoisotopic (exact) mass is 530 g/mol. The van der Waals surface area contributed by atoms with E-state index < -0.39 is 0 Å². The Hall–Kier alpha value is -2.88. The summed E-state index contributed by atoms with van der Waals surface area (Å²) in [4.78, 5) is 4.92. The largest absolute Gasteiger partial charge is 0.497 e. The van der Waals surface area contributed by atoms with Crippen molar-refractivity contribution < 1.29 is 14.2 Å². The van der Waals surface area contributed by atoms with E-state index in [2.05, 4.69) is 51.3 Å². The van der Waals surface area contributed by atoms with Crippen molar-refractivity contribution in [3.63, 3.8) is 0 Å². The zero-order valence-electron chi connectivity index (χ0n) is 22.5. The van der Waals surface area contributed by atoms with Gasteiger partial charge in [-0.3, -0.25) is 9.80 Å². The molecule has 1 fully saturated rings. The standard InChI is InChI=1S/C27H38N6O3.ClH/c1-20(2)12-13-33-27(28-29-30-33)26(23-18-22(34-3)10-11-25(23)36-5)32-16-14-31(15-17-32)19-21-8-6-7-9-24(21)35-4;/h6-11,18,20,26H,12-17,19H2,1-5H3;1H. The summed E-state index contributed by atoms with van der Waals surface area (Å²) >= 11 is 0. The highest BCUT2D eigenvalue weighted by Crippen LogP contribution is 2.37. The average molecular weight is 531 g/mol. The Balaban J connectivity index is 0.00000380. The van der Waals surface area contributed by atoms with Crippen LogP contribution in [0.25, 0.3) is 0 Å². The first-order chi connectivity index (χ1) is 17.5. The molecule has 1 unspecified atom stereocenters. The van der Waals surface area contributed by atoms with Crippen LogP contribution in [0.5, 0.6) is 17.2 Å². The third-order valence-corrected chi connectivity index (χ3v) is 6.81. The van der Waals surface area contributed by atoms with Gasteiger partial charge in [-0.25, -0.2) is 4.68 Å². The zero-order chi connectivity index (χ0) is 25.5. The van der Waals surface area contributed by atoms with E-state index in [1.807, 2.05) is 35.0 Å². The molecule has 10 heteroatoms. The molecule has 2 heterocycles. The molecule has 1 atom stereocenters. The molecule has 0 saturated carbocycles. The fourth-order valence-corrected chi connectivity index (χ4v) is 4.75. The zero-order valence-corrected chi connectivity index (χ0v) is 23.3. The van der Waals surface area contributed by atoms with Crippen LogP contribution in [0.3, 0.4) is 0 Å². The van der Waals surface area contributed by atoms with Gasteiger partial charge in [0.2, 0.25) is 0 Å². The van der Waals surface area contributed by atoms with E-state index in [1.54, 1.807) is 21.3 Å². The quantitative estimate of drug-likeness (QED) is 0.367. The van der Waals surface area contributed by atoms with E-state index in [9.17, 15) is 0 Å². The van der Waals surface area contributed by atoms with E-state index in [4.69, 9.17) is 14.2 Å². The molecule has 1 aliphatic heterocycles. The number of para-hydroxylation sites is 1. The van der Waals surface area contributed by atoms with E-state index in [1.165, 1.54) is 5.56 Å². The maximum atomic E-state index is 5.79. The number of nitrogens with zero attached hydrogens (tertiary/aromatic N) is 6. The Labute approximate surface area is 226 Å². The highest BCUT2D eigenvalue weighted by atomic mass is 35.5. The summed E-state index contributed by atoms with van der Waals surface area (Å²) in [6, 6.07) is 14.0. The number of hydrogen-bond donors (Lipinski definition) is 0. The Kier molecular flexibility index (Phi) is 10.5. The van der Waals surface area contributed by atoms with Gasteiger partial charge in [-0.1, -0.05) is 32.0 Å². The Bertz CT molecular complexity index is 1120. The van der Waals surface area contributed by atoms with Crippen molar-refractivity contribution in [1.82, 2.24) is 30.0 Å². The van der Waals surface area contributed by atoms with Crippen LogP contribution < -0.4 is 14.2 Å². The lowest BCUT2D eigenvalue weighted by Crippen LogP contribution is -2.48. The fraction of sp³-hybridized carbons (Fsp3) is 0.519. The predicted octanol–water partition coefficient (Wildman–Crippen LogP) is 4.07. The van der Waals surface area contributed by atoms with Crippen molar-refractivity contribution in [1.29, 1.82) is 0 Å². The minimum absolute atomic E-state index is 0. The van der Waals surface area contributed by atoms with Crippen molar-refractivity contribution in [2.45, 2.75) is 39.4 Å². The molecule has 1 aliphatic rings. The molecule has 0 bridgehead atoms. The van der Waals surface area contributed by atoms with Gasteiger partial charge in [-0.05, 0) is 47.0 Å². The van der Waals surface area contributed by atoms with Gasteiger partial charge in [-0.2, -0.15) is 0 Å². The van der Waals surface area contributed by atoms with Gasteiger partial charge in [0.25, 0.3) is 0 Å². The van der Waals surface area contributed by atoms with Crippen molar-refractivity contribution in [2.24, 2.45) is 5.92 Å². The number of methoxy groups -OCH3 is 3. The molecule has 0 radical (unpaired) electrons. The lowest BCUT2D eigenvalue weighted by Gasteiger charge is -2.39. The molecule has 0 aliphatic carbocycles. The molecule has 0 N–H and O–H groups in total. The van der Waals surface area contributed by atoms with Crippen LogP contribution in [-0.2, 0) is 13.1 Å². The van der Waals surface area contributed by atoms with E-state index in [-0.39, 0.29) is 18.4 Å². The molecule has 0 spiro atoms. The number of halogens is 1. The number of aromatic nitrogens is 4. The molecular weight excluding hydrogens is 492 g/mol. The molecule has 1 saturated heterocycles.